The van der Waals surface area contributed by atoms with Crippen molar-refractivity contribution in [3.63, 3.8) is 0 Å². The van der Waals surface area contributed by atoms with Gasteiger partial charge in [-0.2, -0.15) is 0 Å². The lowest BCUT2D eigenvalue weighted by Gasteiger charge is -2.29. The second kappa shape index (κ2) is 6.57. The van der Waals surface area contributed by atoms with Crippen LogP contribution in [0.4, 0.5) is 0 Å². The zero-order valence-corrected chi connectivity index (χ0v) is 10.0. The molecule has 0 aromatic rings. The smallest absolute Gasteiger partial charge is 0.0388 e. The van der Waals surface area contributed by atoms with E-state index < -0.39 is 10.8 Å². The number of hydrogen-bond acceptors (Lipinski definition) is 2. The predicted molar refractivity (Wildman–Crippen MR) is 62.7 cm³/mol. The summed E-state index contributed by atoms with van der Waals surface area (Å²) < 4.78 is 12.0. The van der Waals surface area contributed by atoms with Crippen LogP contribution in [0, 0.1) is 5.92 Å². The maximum absolute atomic E-state index is 12.0. The maximum atomic E-state index is 12.0. The van der Waals surface area contributed by atoms with Crippen LogP contribution in [-0.2, 0) is 10.8 Å². The van der Waals surface area contributed by atoms with Crippen molar-refractivity contribution in [1.82, 2.24) is 0 Å². The molecule has 3 heteroatoms. The molecule has 3 unspecified atom stereocenters. The number of nitrogens with two attached hydrogens (primary N) is 1. The Kier molecular flexibility index (Phi) is 5.71. The molecule has 0 spiro atoms. The van der Waals surface area contributed by atoms with E-state index in [1.54, 1.807) is 0 Å². The molecule has 1 aliphatic carbocycles. The Morgan fingerprint density at radius 1 is 1.36 bits per heavy atom. The lowest BCUT2D eigenvalue weighted by molar-refractivity contribution is 0.372. The normalized spacial score (nSPS) is 30.1. The molecule has 2 N–H and O–H groups in total. The summed E-state index contributed by atoms with van der Waals surface area (Å²) in [4.78, 5) is 0. The van der Waals surface area contributed by atoms with Crippen molar-refractivity contribution in [2.24, 2.45) is 11.7 Å². The molecular weight excluding hydrogens is 194 g/mol. The third-order valence-corrected chi connectivity index (χ3v) is 5.17. The molecule has 0 radical (unpaired) electrons. The van der Waals surface area contributed by atoms with Crippen LogP contribution in [0.15, 0.2) is 0 Å². The minimum atomic E-state index is -0.616. The van der Waals surface area contributed by atoms with Crippen LogP contribution >= 0.6 is 0 Å². The van der Waals surface area contributed by atoms with E-state index in [2.05, 4.69) is 6.92 Å². The zero-order valence-electron chi connectivity index (χ0n) is 9.21. The van der Waals surface area contributed by atoms with Crippen molar-refractivity contribution >= 4 is 10.8 Å². The van der Waals surface area contributed by atoms with Gasteiger partial charge >= 0.3 is 0 Å². The van der Waals surface area contributed by atoms with Gasteiger partial charge in [-0.15, -0.1) is 0 Å². The Labute approximate surface area is 90.1 Å². The molecule has 0 amide bonds. The molecule has 84 valence electrons. The number of rotatable bonds is 5. The Morgan fingerprint density at radius 2 is 2.07 bits per heavy atom. The lowest BCUT2D eigenvalue weighted by atomic mass is 9.89. The SMILES string of the molecule is CCCCS(=O)C1CCCCC1CN. The highest BCUT2D eigenvalue weighted by atomic mass is 32.2. The van der Waals surface area contributed by atoms with Crippen molar-refractivity contribution in [2.75, 3.05) is 12.3 Å². The molecule has 1 fully saturated rings. The molecule has 1 rings (SSSR count). The predicted octanol–water partition coefficient (Wildman–Crippen LogP) is 2.05. The van der Waals surface area contributed by atoms with E-state index in [0.29, 0.717) is 11.2 Å². The van der Waals surface area contributed by atoms with E-state index >= 15 is 0 Å². The maximum Gasteiger partial charge on any atom is 0.0388 e. The summed E-state index contributed by atoms with van der Waals surface area (Å²) in [6, 6.07) is 0. The molecule has 0 saturated heterocycles. The lowest BCUT2D eigenvalue weighted by Crippen LogP contribution is -2.35. The van der Waals surface area contributed by atoms with Crippen molar-refractivity contribution in [1.29, 1.82) is 0 Å². The van der Waals surface area contributed by atoms with Gasteiger partial charge in [-0.3, -0.25) is 4.21 Å². The standard InChI is InChI=1S/C11H23NOS/c1-2-3-8-14(13)11-7-5-4-6-10(11)9-12/h10-11H,2-9,12H2,1H3. The van der Waals surface area contributed by atoms with E-state index in [1.165, 1.54) is 19.3 Å². The molecule has 1 saturated carbocycles. The van der Waals surface area contributed by atoms with Gasteiger partial charge in [0.2, 0.25) is 0 Å². The third kappa shape index (κ3) is 3.35. The molecule has 0 aliphatic heterocycles. The molecule has 0 bridgehead atoms. The van der Waals surface area contributed by atoms with Crippen LogP contribution in [0.1, 0.15) is 45.4 Å². The summed E-state index contributed by atoms with van der Waals surface area (Å²) in [7, 11) is -0.616. The van der Waals surface area contributed by atoms with Crippen LogP contribution in [-0.4, -0.2) is 21.8 Å². The van der Waals surface area contributed by atoms with Gasteiger partial charge in [-0.25, -0.2) is 0 Å². The highest BCUT2D eigenvalue weighted by Gasteiger charge is 2.28. The van der Waals surface area contributed by atoms with Gasteiger partial charge in [-0.05, 0) is 31.7 Å². The average Bonchev–Trinajstić information content (AvgIpc) is 2.25. The van der Waals surface area contributed by atoms with Gasteiger partial charge in [0.05, 0.1) is 0 Å². The Bertz CT molecular complexity index is 184. The summed E-state index contributed by atoms with van der Waals surface area (Å²) in [5.74, 6) is 1.42. The van der Waals surface area contributed by atoms with Crippen molar-refractivity contribution < 1.29 is 4.21 Å². The van der Waals surface area contributed by atoms with Crippen molar-refractivity contribution in [3.8, 4) is 0 Å². The van der Waals surface area contributed by atoms with Gasteiger partial charge in [0.25, 0.3) is 0 Å². The second-order valence-corrected chi connectivity index (χ2v) is 6.03. The van der Waals surface area contributed by atoms with Crippen molar-refractivity contribution in [2.45, 2.75) is 50.7 Å². The summed E-state index contributed by atoms with van der Waals surface area (Å²) in [6.07, 6.45) is 7.10. The molecule has 2 nitrogen and oxygen atoms in total. The van der Waals surface area contributed by atoms with Crippen LogP contribution in [0.25, 0.3) is 0 Å². The molecule has 1 aliphatic rings. The van der Waals surface area contributed by atoms with E-state index in [4.69, 9.17) is 5.73 Å². The van der Waals surface area contributed by atoms with Crippen molar-refractivity contribution in [3.05, 3.63) is 0 Å². The number of hydrogen-bond donors (Lipinski definition) is 1. The van der Waals surface area contributed by atoms with Crippen LogP contribution in [0.2, 0.25) is 0 Å². The van der Waals surface area contributed by atoms with Gasteiger partial charge in [0.1, 0.15) is 0 Å². The Hall–Kier alpha value is 0.110. The molecular formula is C11H23NOS. The zero-order chi connectivity index (χ0) is 10.4. The summed E-state index contributed by atoms with van der Waals surface area (Å²) in [6.45, 7) is 2.88. The van der Waals surface area contributed by atoms with E-state index in [9.17, 15) is 4.21 Å². The summed E-state index contributed by atoms with van der Waals surface area (Å²) >= 11 is 0. The molecule has 0 heterocycles. The van der Waals surface area contributed by atoms with Gasteiger partial charge in [0, 0.05) is 21.8 Å². The van der Waals surface area contributed by atoms with E-state index in [0.717, 1.165) is 31.6 Å². The third-order valence-electron chi connectivity index (χ3n) is 3.18. The fourth-order valence-electron chi connectivity index (χ4n) is 2.23. The molecule has 0 aromatic carbocycles. The fraction of sp³-hybridized carbons (Fsp3) is 1.00. The quantitative estimate of drug-likeness (QED) is 0.766. The minimum absolute atomic E-state index is 0.403. The minimum Gasteiger partial charge on any atom is -0.330 e. The Balaban J connectivity index is 2.41. The molecule has 14 heavy (non-hydrogen) atoms. The summed E-state index contributed by atoms with van der Waals surface area (Å²) in [5, 5.41) is 0.403. The number of unbranched alkanes of at least 4 members (excludes halogenated alkanes) is 1. The van der Waals surface area contributed by atoms with Crippen LogP contribution in [0.5, 0.6) is 0 Å². The average molecular weight is 217 g/mol. The highest BCUT2D eigenvalue weighted by Crippen LogP contribution is 2.27. The van der Waals surface area contributed by atoms with Gasteiger partial charge in [0.15, 0.2) is 0 Å². The van der Waals surface area contributed by atoms with Gasteiger partial charge in [-0.1, -0.05) is 26.2 Å². The second-order valence-electron chi connectivity index (χ2n) is 4.26. The fourth-order valence-corrected chi connectivity index (χ4v) is 4.21. The van der Waals surface area contributed by atoms with E-state index in [1.807, 2.05) is 0 Å². The first kappa shape index (κ1) is 12.2. The highest BCUT2D eigenvalue weighted by molar-refractivity contribution is 7.85. The largest absolute Gasteiger partial charge is 0.330 e. The summed E-state index contributed by atoms with van der Waals surface area (Å²) in [5.41, 5.74) is 5.73. The van der Waals surface area contributed by atoms with Crippen LogP contribution in [0.3, 0.4) is 0 Å². The van der Waals surface area contributed by atoms with Crippen LogP contribution < -0.4 is 5.73 Å². The first-order valence-electron chi connectivity index (χ1n) is 5.86. The molecule has 3 atom stereocenters. The van der Waals surface area contributed by atoms with E-state index in [-0.39, 0.29) is 0 Å². The monoisotopic (exact) mass is 217 g/mol. The topological polar surface area (TPSA) is 43.1 Å². The van der Waals surface area contributed by atoms with Gasteiger partial charge < -0.3 is 5.73 Å². The first-order valence-corrected chi connectivity index (χ1v) is 7.25. The Morgan fingerprint density at radius 3 is 2.71 bits per heavy atom. The first-order chi connectivity index (χ1) is 6.79. The molecule has 0 aromatic heterocycles.